The van der Waals surface area contributed by atoms with Gasteiger partial charge in [0.15, 0.2) is 0 Å². The van der Waals surface area contributed by atoms with Gasteiger partial charge in [0.25, 0.3) is 0 Å². The van der Waals surface area contributed by atoms with Crippen molar-refractivity contribution in [1.29, 1.82) is 0 Å². The zero-order valence-electron chi connectivity index (χ0n) is 9.17. The average molecular weight is 221 g/mol. The Bertz CT molecular complexity index is 348. The van der Waals surface area contributed by atoms with E-state index in [1.807, 2.05) is 0 Å². The highest BCUT2D eigenvalue weighted by molar-refractivity contribution is 6.22. The van der Waals surface area contributed by atoms with Crippen molar-refractivity contribution < 1.29 is 0 Å². The van der Waals surface area contributed by atoms with Gasteiger partial charge in [-0.15, -0.1) is 11.6 Å². The first-order valence-corrected chi connectivity index (χ1v) is 6.17. The van der Waals surface area contributed by atoms with Crippen LogP contribution in [0.1, 0.15) is 37.3 Å². The van der Waals surface area contributed by atoms with Gasteiger partial charge in [-0.2, -0.15) is 0 Å². The molecule has 1 unspecified atom stereocenters. The number of halogens is 1. The molecule has 1 aliphatic rings. The maximum absolute atomic E-state index is 6.14. The van der Waals surface area contributed by atoms with Crippen LogP contribution in [0.2, 0.25) is 0 Å². The lowest BCUT2D eigenvalue weighted by Crippen LogP contribution is -2.02. The Morgan fingerprint density at radius 2 is 2.00 bits per heavy atom. The maximum atomic E-state index is 6.14. The Balaban J connectivity index is 2.21. The third-order valence-corrected chi connectivity index (χ3v) is 3.39. The molecule has 1 heteroatoms. The second kappa shape index (κ2) is 4.85. The predicted octanol–water partition coefficient (Wildman–Crippen LogP) is 4.42. The Labute approximate surface area is 97.0 Å². The minimum absolute atomic E-state index is 0.236. The molecule has 0 spiro atoms. The van der Waals surface area contributed by atoms with Crippen molar-refractivity contribution in [3.63, 3.8) is 0 Å². The fraction of sp³-hybridized carbons (Fsp3) is 0.429. The zero-order chi connectivity index (χ0) is 10.7. The Morgan fingerprint density at radius 3 is 2.60 bits per heavy atom. The summed E-state index contributed by atoms with van der Waals surface area (Å²) in [5.74, 6) is 0. The molecular formula is C14H17Cl. The topological polar surface area (TPSA) is 0 Å². The highest BCUT2D eigenvalue weighted by Crippen LogP contribution is 2.29. The summed E-state index contributed by atoms with van der Waals surface area (Å²) in [6.45, 7) is 2.18. The number of alkyl halides is 1. The Hall–Kier alpha value is -0.750. The molecule has 1 aromatic rings. The standard InChI is InChI=1S/C14H17Cl/c1-2-11-6-8-12(9-7-11)13-4-3-5-14(15)10-13/h6-10,14H,2-5H2,1H3. The SMILES string of the molecule is CCc1ccc(C2=CC(Cl)CCC2)cc1. The van der Waals surface area contributed by atoms with E-state index in [2.05, 4.69) is 37.3 Å². The number of aryl methyl sites for hydroxylation is 1. The number of allylic oxidation sites excluding steroid dienone is 2. The van der Waals surface area contributed by atoms with E-state index in [0.717, 1.165) is 12.8 Å². The van der Waals surface area contributed by atoms with E-state index in [1.165, 1.54) is 29.5 Å². The first-order valence-electron chi connectivity index (χ1n) is 5.73. The largest absolute Gasteiger partial charge is 0.118 e. The lowest BCUT2D eigenvalue weighted by Gasteiger charge is -2.16. The number of benzene rings is 1. The van der Waals surface area contributed by atoms with Crippen molar-refractivity contribution in [3.8, 4) is 0 Å². The molecule has 1 aromatic carbocycles. The number of hydrogen-bond donors (Lipinski definition) is 0. The van der Waals surface area contributed by atoms with E-state index in [4.69, 9.17) is 11.6 Å². The molecule has 80 valence electrons. The van der Waals surface area contributed by atoms with Crippen molar-refractivity contribution in [2.24, 2.45) is 0 Å². The molecular weight excluding hydrogens is 204 g/mol. The Morgan fingerprint density at radius 1 is 1.27 bits per heavy atom. The summed E-state index contributed by atoms with van der Waals surface area (Å²) in [5, 5.41) is 0.236. The molecule has 0 aliphatic heterocycles. The van der Waals surface area contributed by atoms with Crippen molar-refractivity contribution in [2.45, 2.75) is 38.0 Å². The third-order valence-electron chi connectivity index (χ3n) is 3.04. The van der Waals surface area contributed by atoms with Gasteiger partial charge in [0.1, 0.15) is 0 Å². The van der Waals surface area contributed by atoms with E-state index >= 15 is 0 Å². The highest BCUT2D eigenvalue weighted by Gasteiger charge is 2.11. The predicted molar refractivity (Wildman–Crippen MR) is 67.3 cm³/mol. The molecule has 15 heavy (non-hydrogen) atoms. The Kier molecular flexibility index (Phi) is 3.48. The van der Waals surface area contributed by atoms with Gasteiger partial charge in [0.05, 0.1) is 5.38 Å². The summed E-state index contributed by atoms with van der Waals surface area (Å²) in [6.07, 6.45) is 6.84. The molecule has 0 bridgehead atoms. The smallest absolute Gasteiger partial charge is 0.0522 e. The van der Waals surface area contributed by atoms with Gasteiger partial charge in [-0.3, -0.25) is 0 Å². The normalized spacial score (nSPS) is 21.2. The molecule has 0 saturated heterocycles. The van der Waals surface area contributed by atoms with E-state index in [1.54, 1.807) is 0 Å². The van der Waals surface area contributed by atoms with Gasteiger partial charge < -0.3 is 0 Å². The second-order valence-electron chi connectivity index (χ2n) is 4.15. The summed E-state index contributed by atoms with van der Waals surface area (Å²) in [7, 11) is 0. The lowest BCUT2D eigenvalue weighted by molar-refractivity contribution is 0.747. The summed E-state index contributed by atoms with van der Waals surface area (Å²) >= 11 is 6.14. The monoisotopic (exact) mass is 220 g/mol. The lowest BCUT2D eigenvalue weighted by atomic mass is 9.93. The minimum atomic E-state index is 0.236. The van der Waals surface area contributed by atoms with E-state index in [9.17, 15) is 0 Å². The van der Waals surface area contributed by atoms with Gasteiger partial charge >= 0.3 is 0 Å². The third kappa shape index (κ3) is 2.63. The summed E-state index contributed by atoms with van der Waals surface area (Å²) in [6, 6.07) is 8.88. The molecule has 0 N–H and O–H groups in total. The average Bonchev–Trinajstić information content (AvgIpc) is 2.29. The minimum Gasteiger partial charge on any atom is -0.118 e. The molecule has 0 amide bonds. The zero-order valence-corrected chi connectivity index (χ0v) is 9.93. The van der Waals surface area contributed by atoms with E-state index < -0.39 is 0 Å². The van der Waals surface area contributed by atoms with E-state index in [0.29, 0.717) is 0 Å². The van der Waals surface area contributed by atoms with E-state index in [-0.39, 0.29) is 5.38 Å². The van der Waals surface area contributed by atoms with Crippen LogP contribution >= 0.6 is 11.6 Å². The fourth-order valence-electron chi connectivity index (χ4n) is 2.07. The van der Waals surface area contributed by atoms with Crippen molar-refractivity contribution >= 4 is 17.2 Å². The molecule has 1 atom stereocenters. The van der Waals surface area contributed by atoms with Gasteiger partial charge in [-0.05, 0) is 42.4 Å². The van der Waals surface area contributed by atoms with Crippen LogP contribution in [0.5, 0.6) is 0 Å². The first-order chi connectivity index (χ1) is 7.29. The summed E-state index contributed by atoms with van der Waals surface area (Å²) in [4.78, 5) is 0. The fourth-order valence-corrected chi connectivity index (χ4v) is 2.37. The van der Waals surface area contributed by atoms with Crippen LogP contribution in [0.3, 0.4) is 0 Å². The molecule has 1 aliphatic carbocycles. The molecule has 0 nitrogen and oxygen atoms in total. The molecule has 0 radical (unpaired) electrons. The molecule has 0 fully saturated rings. The molecule has 2 rings (SSSR count). The van der Waals surface area contributed by atoms with Crippen LogP contribution in [0.15, 0.2) is 30.3 Å². The van der Waals surface area contributed by atoms with Crippen LogP contribution in [0.25, 0.3) is 5.57 Å². The first kappa shape index (κ1) is 10.8. The van der Waals surface area contributed by atoms with Gasteiger partial charge in [-0.25, -0.2) is 0 Å². The van der Waals surface area contributed by atoms with Gasteiger partial charge in [0.2, 0.25) is 0 Å². The highest BCUT2D eigenvalue weighted by atomic mass is 35.5. The molecule has 0 saturated carbocycles. The summed E-state index contributed by atoms with van der Waals surface area (Å²) in [5.41, 5.74) is 4.17. The van der Waals surface area contributed by atoms with Crippen LogP contribution in [-0.4, -0.2) is 5.38 Å². The van der Waals surface area contributed by atoms with Crippen LogP contribution < -0.4 is 0 Å². The summed E-state index contributed by atoms with van der Waals surface area (Å²) < 4.78 is 0. The molecule has 0 aromatic heterocycles. The van der Waals surface area contributed by atoms with Crippen molar-refractivity contribution in [2.75, 3.05) is 0 Å². The molecule has 0 heterocycles. The van der Waals surface area contributed by atoms with Crippen molar-refractivity contribution in [1.82, 2.24) is 0 Å². The quantitative estimate of drug-likeness (QED) is 0.648. The van der Waals surface area contributed by atoms with Gasteiger partial charge in [0, 0.05) is 0 Å². The second-order valence-corrected chi connectivity index (χ2v) is 4.71. The number of rotatable bonds is 2. The van der Waals surface area contributed by atoms with Crippen LogP contribution in [-0.2, 0) is 6.42 Å². The van der Waals surface area contributed by atoms with Crippen molar-refractivity contribution in [3.05, 3.63) is 41.5 Å². The van der Waals surface area contributed by atoms with Crippen LogP contribution in [0, 0.1) is 0 Å². The van der Waals surface area contributed by atoms with Gasteiger partial charge in [-0.1, -0.05) is 37.3 Å². The van der Waals surface area contributed by atoms with Crippen LogP contribution in [0.4, 0.5) is 0 Å². The maximum Gasteiger partial charge on any atom is 0.0522 e. The number of hydrogen-bond acceptors (Lipinski definition) is 0.